The number of rotatable bonds is 8. The quantitative estimate of drug-likeness (QED) is 0.676. The minimum absolute atomic E-state index is 0.482. The van der Waals surface area contributed by atoms with Gasteiger partial charge in [-0.3, -0.25) is 4.98 Å². The lowest BCUT2D eigenvalue weighted by Crippen LogP contribution is -2.22. The van der Waals surface area contributed by atoms with Gasteiger partial charge in [0.1, 0.15) is 0 Å². The molecule has 90 valence electrons. The molecule has 0 spiro atoms. The minimum Gasteiger partial charge on any atom is -0.310 e. The van der Waals surface area contributed by atoms with Crippen LogP contribution in [0, 0.1) is 0 Å². The molecular formula is C14H24N2. The number of nitrogens with zero attached hydrogens (tertiary/aromatic N) is 1. The van der Waals surface area contributed by atoms with Gasteiger partial charge in [-0.15, -0.1) is 0 Å². The maximum atomic E-state index is 4.19. The molecule has 0 bridgehead atoms. The average molecular weight is 220 g/mol. The summed E-state index contributed by atoms with van der Waals surface area (Å²) in [5.74, 6) is 0. The standard InChI is InChI=1S/C14H24N2/c1-3-5-6-11-16-14(8-4-2)13-9-7-10-15-12-13/h7,9-10,12,14,16H,3-6,8,11H2,1-2H3. The van der Waals surface area contributed by atoms with Crippen molar-refractivity contribution in [1.82, 2.24) is 10.3 Å². The number of hydrogen-bond acceptors (Lipinski definition) is 2. The number of aromatic nitrogens is 1. The minimum atomic E-state index is 0.482. The van der Waals surface area contributed by atoms with E-state index in [1.54, 1.807) is 0 Å². The molecule has 0 saturated carbocycles. The first-order chi connectivity index (χ1) is 7.88. The number of pyridine rings is 1. The highest BCUT2D eigenvalue weighted by molar-refractivity contribution is 5.13. The topological polar surface area (TPSA) is 24.9 Å². The molecule has 0 fully saturated rings. The lowest BCUT2D eigenvalue weighted by Gasteiger charge is -2.18. The first kappa shape index (κ1) is 13.2. The summed E-state index contributed by atoms with van der Waals surface area (Å²) >= 11 is 0. The fourth-order valence-corrected chi connectivity index (χ4v) is 1.91. The Bertz CT molecular complexity index is 259. The van der Waals surface area contributed by atoms with E-state index in [0.717, 1.165) is 6.54 Å². The highest BCUT2D eigenvalue weighted by Gasteiger charge is 2.08. The highest BCUT2D eigenvalue weighted by atomic mass is 14.9. The summed E-state index contributed by atoms with van der Waals surface area (Å²) in [7, 11) is 0. The Morgan fingerprint density at radius 1 is 1.25 bits per heavy atom. The fourth-order valence-electron chi connectivity index (χ4n) is 1.91. The summed E-state index contributed by atoms with van der Waals surface area (Å²) in [6.07, 6.45) is 10.1. The van der Waals surface area contributed by atoms with Gasteiger partial charge in [0.2, 0.25) is 0 Å². The van der Waals surface area contributed by atoms with Gasteiger partial charge in [0.25, 0.3) is 0 Å². The van der Waals surface area contributed by atoms with Crippen molar-refractivity contribution < 1.29 is 0 Å². The Morgan fingerprint density at radius 2 is 2.12 bits per heavy atom. The van der Waals surface area contributed by atoms with Crippen molar-refractivity contribution in [1.29, 1.82) is 0 Å². The largest absolute Gasteiger partial charge is 0.310 e. The monoisotopic (exact) mass is 220 g/mol. The van der Waals surface area contributed by atoms with Crippen molar-refractivity contribution in [2.75, 3.05) is 6.54 Å². The molecule has 2 nitrogen and oxygen atoms in total. The molecule has 1 aromatic rings. The van der Waals surface area contributed by atoms with Gasteiger partial charge in [0.15, 0.2) is 0 Å². The third-order valence-corrected chi connectivity index (χ3v) is 2.84. The van der Waals surface area contributed by atoms with E-state index in [1.165, 1.54) is 37.7 Å². The van der Waals surface area contributed by atoms with Crippen molar-refractivity contribution in [2.24, 2.45) is 0 Å². The molecule has 1 N–H and O–H groups in total. The molecule has 16 heavy (non-hydrogen) atoms. The van der Waals surface area contributed by atoms with Crippen LogP contribution in [0.5, 0.6) is 0 Å². The molecule has 2 heteroatoms. The summed E-state index contributed by atoms with van der Waals surface area (Å²) in [4.78, 5) is 4.19. The summed E-state index contributed by atoms with van der Waals surface area (Å²) in [5.41, 5.74) is 1.32. The second-order valence-electron chi connectivity index (χ2n) is 4.29. The van der Waals surface area contributed by atoms with Gasteiger partial charge < -0.3 is 5.32 Å². The molecule has 0 aliphatic carbocycles. The molecule has 0 radical (unpaired) electrons. The fraction of sp³-hybridized carbons (Fsp3) is 0.643. The van der Waals surface area contributed by atoms with E-state index in [-0.39, 0.29) is 0 Å². The highest BCUT2D eigenvalue weighted by Crippen LogP contribution is 2.17. The van der Waals surface area contributed by atoms with Crippen LogP contribution in [0.2, 0.25) is 0 Å². The van der Waals surface area contributed by atoms with Crippen LogP contribution in [-0.2, 0) is 0 Å². The van der Waals surface area contributed by atoms with E-state index >= 15 is 0 Å². The molecule has 0 aromatic carbocycles. The van der Waals surface area contributed by atoms with Gasteiger partial charge in [0.05, 0.1) is 0 Å². The van der Waals surface area contributed by atoms with Crippen LogP contribution in [0.1, 0.15) is 57.6 Å². The van der Waals surface area contributed by atoms with Gasteiger partial charge >= 0.3 is 0 Å². The van der Waals surface area contributed by atoms with Crippen molar-refractivity contribution in [3.05, 3.63) is 30.1 Å². The number of unbranched alkanes of at least 4 members (excludes halogenated alkanes) is 2. The predicted octanol–water partition coefficient (Wildman–Crippen LogP) is 3.70. The summed E-state index contributed by atoms with van der Waals surface area (Å²) in [6.45, 7) is 5.59. The lowest BCUT2D eigenvalue weighted by molar-refractivity contribution is 0.480. The molecule has 0 saturated heterocycles. The van der Waals surface area contributed by atoms with Crippen LogP contribution in [0.4, 0.5) is 0 Å². The van der Waals surface area contributed by atoms with E-state index < -0.39 is 0 Å². The zero-order valence-electron chi connectivity index (χ0n) is 10.6. The molecule has 0 amide bonds. The average Bonchev–Trinajstić information content (AvgIpc) is 2.34. The van der Waals surface area contributed by atoms with Crippen LogP contribution in [-0.4, -0.2) is 11.5 Å². The van der Waals surface area contributed by atoms with Crippen LogP contribution < -0.4 is 5.32 Å². The lowest BCUT2D eigenvalue weighted by atomic mass is 10.0. The van der Waals surface area contributed by atoms with E-state index in [0.29, 0.717) is 6.04 Å². The number of nitrogens with one attached hydrogen (secondary N) is 1. The van der Waals surface area contributed by atoms with E-state index in [2.05, 4.69) is 30.2 Å². The zero-order chi connectivity index (χ0) is 11.6. The Balaban J connectivity index is 2.41. The molecule has 1 aromatic heterocycles. The predicted molar refractivity (Wildman–Crippen MR) is 69.4 cm³/mol. The van der Waals surface area contributed by atoms with E-state index in [1.807, 2.05) is 18.5 Å². The van der Waals surface area contributed by atoms with Crippen molar-refractivity contribution in [3.8, 4) is 0 Å². The summed E-state index contributed by atoms with van der Waals surface area (Å²) in [6, 6.07) is 4.67. The van der Waals surface area contributed by atoms with Gasteiger partial charge in [-0.25, -0.2) is 0 Å². The summed E-state index contributed by atoms with van der Waals surface area (Å²) in [5, 5.41) is 3.63. The van der Waals surface area contributed by atoms with Gasteiger partial charge in [-0.05, 0) is 31.0 Å². The normalized spacial score (nSPS) is 12.6. The number of hydrogen-bond donors (Lipinski definition) is 1. The van der Waals surface area contributed by atoms with Crippen molar-refractivity contribution in [3.63, 3.8) is 0 Å². The van der Waals surface area contributed by atoms with Crippen LogP contribution in [0.25, 0.3) is 0 Å². The smallest absolute Gasteiger partial charge is 0.0335 e. The third kappa shape index (κ3) is 4.75. The van der Waals surface area contributed by atoms with E-state index in [9.17, 15) is 0 Å². The van der Waals surface area contributed by atoms with Crippen molar-refractivity contribution in [2.45, 2.75) is 52.0 Å². The van der Waals surface area contributed by atoms with Crippen LogP contribution in [0.3, 0.4) is 0 Å². The van der Waals surface area contributed by atoms with Gasteiger partial charge in [0, 0.05) is 18.4 Å². The molecule has 0 aliphatic heterocycles. The van der Waals surface area contributed by atoms with Crippen LogP contribution in [0.15, 0.2) is 24.5 Å². The first-order valence-corrected chi connectivity index (χ1v) is 6.51. The molecule has 1 unspecified atom stereocenters. The Morgan fingerprint density at radius 3 is 2.75 bits per heavy atom. The Labute approximate surface area is 99.5 Å². The third-order valence-electron chi connectivity index (χ3n) is 2.84. The molecule has 1 heterocycles. The first-order valence-electron chi connectivity index (χ1n) is 6.51. The molecule has 1 rings (SSSR count). The van der Waals surface area contributed by atoms with E-state index in [4.69, 9.17) is 0 Å². The second kappa shape index (κ2) is 8.28. The second-order valence-corrected chi connectivity index (χ2v) is 4.29. The van der Waals surface area contributed by atoms with Gasteiger partial charge in [-0.2, -0.15) is 0 Å². The maximum Gasteiger partial charge on any atom is 0.0335 e. The Kier molecular flexibility index (Phi) is 6.82. The SMILES string of the molecule is CCCCCNC(CCC)c1cccnc1. The van der Waals surface area contributed by atoms with Gasteiger partial charge in [-0.1, -0.05) is 39.2 Å². The zero-order valence-corrected chi connectivity index (χ0v) is 10.6. The molecular weight excluding hydrogens is 196 g/mol. The summed E-state index contributed by atoms with van der Waals surface area (Å²) < 4.78 is 0. The Hall–Kier alpha value is -0.890. The molecule has 0 aliphatic rings. The maximum absolute atomic E-state index is 4.19. The van der Waals surface area contributed by atoms with Crippen molar-refractivity contribution >= 4 is 0 Å². The van der Waals surface area contributed by atoms with Crippen LogP contribution >= 0.6 is 0 Å². The molecule has 1 atom stereocenters.